The third-order valence-electron chi connectivity index (χ3n) is 11.1. The zero-order valence-corrected chi connectivity index (χ0v) is 36.2. The molecule has 3 N–H and O–H groups in total. The van der Waals surface area contributed by atoms with Gasteiger partial charge < -0.3 is 20.3 Å². The Morgan fingerprint density at radius 2 is 0.870 bits per heavy atom. The number of aliphatic hydroxyl groups is 2. The van der Waals surface area contributed by atoms with Gasteiger partial charge in [0.05, 0.1) is 25.4 Å². The van der Waals surface area contributed by atoms with E-state index in [1.165, 1.54) is 167 Å². The molecule has 0 aromatic heterocycles. The summed E-state index contributed by atoms with van der Waals surface area (Å²) in [6, 6.07) is -0.557. The zero-order chi connectivity index (χ0) is 39.4. The van der Waals surface area contributed by atoms with Crippen LogP contribution < -0.4 is 5.32 Å². The number of allylic oxidation sites excluding steroid dienone is 2. The van der Waals surface area contributed by atoms with Crippen molar-refractivity contribution in [2.75, 3.05) is 13.2 Å². The van der Waals surface area contributed by atoms with Crippen molar-refractivity contribution in [2.24, 2.45) is 0 Å². The van der Waals surface area contributed by atoms with E-state index < -0.39 is 12.1 Å². The minimum absolute atomic E-state index is 0.0281. The van der Waals surface area contributed by atoms with Crippen molar-refractivity contribution in [3.05, 3.63) is 12.2 Å². The van der Waals surface area contributed by atoms with Crippen molar-refractivity contribution in [2.45, 2.75) is 270 Å². The lowest BCUT2D eigenvalue weighted by molar-refractivity contribution is -0.143. The predicted octanol–water partition coefficient (Wildman–Crippen LogP) is 13.8. The average molecular weight is 764 g/mol. The highest BCUT2D eigenvalue weighted by Gasteiger charge is 2.20. The van der Waals surface area contributed by atoms with Crippen LogP contribution in [0.2, 0.25) is 0 Å². The van der Waals surface area contributed by atoms with Crippen LogP contribution in [-0.4, -0.2) is 47.4 Å². The topological polar surface area (TPSA) is 95.9 Å². The number of hydrogen-bond donors (Lipinski definition) is 3. The van der Waals surface area contributed by atoms with Crippen LogP contribution in [0.4, 0.5) is 0 Å². The van der Waals surface area contributed by atoms with Crippen molar-refractivity contribution in [3.8, 4) is 0 Å². The molecule has 2 atom stereocenters. The maximum atomic E-state index is 12.4. The molecule has 320 valence electrons. The second-order valence-electron chi connectivity index (χ2n) is 16.4. The first-order valence-electron chi connectivity index (χ1n) is 23.9. The molecule has 0 aliphatic rings. The highest BCUT2D eigenvalue weighted by molar-refractivity contribution is 5.76. The van der Waals surface area contributed by atoms with Gasteiger partial charge in [-0.25, -0.2) is 0 Å². The van der Waals surface area contributed by atoms with E-state index in [4.69, 9.17) is 4.74 Å². The van der Waals surface area contributed by atoms with E-state index in [-0.39, 0.29) is 18.5 Å². The molecule has 0 fully saturated rings. The first-order valence-corrected chi connectivity index (χ1v) is 23.9. The molecule has 0 aliphatic carbocycles. The number of amides is 1. The average Bonchev–Trinajstić information content (AvgIpc) is 3.17. The Bertz CT molecular complexity index is 802. The van der Waals surface area contributed by atoms with Gasteiger partial charge in [0, 0.05) is 12.8 Å². The molecule has 0 heterocycles. The number of esters is 1. The van der Waals surface area contributed by atoms with Gasteiger partial charge in [0.15, 0.2) is 0 Å². The van der Waals surface area contributed by atoms with Crippen LogP contribution in [-0.2, 0) is 14.3 Å². The van der Waals surface area contributed by atoms with Gasteiger partial charge >= 0.3 is 5.97 Å². The maximum absolute atomic E-state index is 12.4. The molecule has 0 aliphatic heterocycles. The first-order chi connectivity index (χ1) is 26.5. The van der Waals surface area contributed by atoms with E-state index in [0.29, 0.717) is 25.9 Å². The van der Waals surface area contributed by atoms with Crippen molar-refractivity contribution < 1.29 is 24.5 Å². The summed E-state index contributed by atoms with van der Waals surface area (Å²) in [5.74, 6) is -0.0861. The fourth-order valence-corrected chi connectivity index (χ4v) is 7.34. The second-order valence-corrected chi connectivity index (χ2v) is 16.4. The monoisotopic (exact) mass is 764 g/mol. The second kappa shape index (κ2) is 44.3. The van der Waals surface area contributed by atoms with E-state index in [2.05, 4.69) is 31.3 Å². The molecule has 2 unspecified atom stereocenters. The van der Waals surface area contributed by atoms with Gasteiger partial charge in [0.25, 0.3) is 0 Å². The molecule has 0 saturated heterocycles. The van der Waals surface area contributed by atoms with Crippen LogP contribution in [0.1, 0.15) is 258 Å². The molecule has 0 radical (unpaired) electrons. The molecule has 0 rings (SSSR count). The predicted molar refractivity (Wildman–Crippen MR) is 232 cm³/mol. The third kappa shape index (κ3) is 40.3. The quantitative estimate of drug-likeness (QED) is 0.0326. The number of nitrogens with one attached hydrogen (secondary N) is 1. The number of aliphatic hydroxyl groups excluding tert-OH is 2. The van der Waals surface area contributed by atoms with E-state index in [1.807, 2.05) is 0 Å². The molecule has 1 amide bonds. The number of hydrogen-bond acceptors (Lipinski definition) is 5. The largest absolute Gasteiger partial charge is 0.466 e. The van der Waals surface area contributed by atoms with Gasteiger partial charge in [-0.3, -0.25) is 9.59 Å². The van der Waals surface area contributed by atoms with Gasteiger partial charge in [-0.05, 0) is 51.4 Å². The van der Waals surface area contributed by atoms with E-state index in [1.54, 1.807) is 0 Å². The highest BCUT2D eigenvalue weighted by Crippen LogP contribution is 2.16. The van der Waals surface area contributed by atoms with Crippen LogP contribution in [0, 0.1) is 0 Å². The molecular formula is C48H93NO5. The fourth-order valence-electron chi connectivity index (χ4n) is 7.34. The Morgan fingerprint density at radius 3 is 1.33 bits per heavy atom. The molecule has 0 spiro atoms. The van der Waals surface area contributed by atoms with Crippen LogP contribution in [0.3, 0.4) is 0 Å². The Balaban J connectivity index is 3.49. The standard InChI is InChI=1S/C48H93NO5/c1-3-5-7-9-11-13-15-17-19-20-24-28-32-36-40-46(51)45(44-50)49-47(52)41-37-33-29-25-22-23-27-31-35-39-43-54-48(53)42-38-34-30-26-21-18-16-14-12-10-8-6-4-2/h14,16,45-46,50-51H,3-13,15,17-44H2,1-2H3,(H,49,52)/b16-14-. The fraction of sp³-hybridized carbons (Fsp3) is 0.917. The molecule has 0 aromatic carbocycles. The Kier molecular flexibility index (Phi) is 43.2. The molecule has 0 bridgehead atoms. The van der Waals surface area contributed by atoms with Crippen molar-refractivity contribution in [1.82, 2.24) is 5.32 Å². The number of carbonyl (C=O) groups is 2. The molecule has 54 heavy (non-hydrogen) atoms. The molecule has 0 aromatic rings. The normalized spacial score (nSPS) is 12.7. The van der Waals surface area contributed by atoms with Crippen molar-refractivity contribution in [3.63, 3.8) is 0 Å². The summed E-state index contributed by atoms with van der Waals surface area (Å²) in [5, 5.41) is 23.2. The molecular weight excluding hydrogens is 671 g/mol. The van der Waals surface area contributed by atoms with Gasteiger partial charge in [-0.15, -0.1) is 0 Å². The summed E-state index contributed by atoms with van der Waals surface area (Å²) in [6.45, 7) is 4.88. The van der Waals surface area contributed by atoms with Crippen LogP contribution in [0.15, 0.2) is 12.2 Å². The van der Waals surface area contributed by atoms with Gasteiger partial charge in [-0.1, -0.05) is 206 Å². The Morgan fingerprint density at radius 1 is 0.500 bits per heavy atom. The summed E-state index contributed by atoms with van der Waals surface area (Å²) in [5.41, 5.74) is 0. The SMILES string of the molecule is CCCCCC/C=C\CCCCCCCC(=O)OCCCCCCCCCCCCC(=O)NC(CO)C(O)CCCCCCCCCCCCCCCC. The van der Waals surface area contributed by atoms with Gasteiger partial charge in [-0.2, -0.15) is 0 Å². The lowest BCUT2D eigenvalue weighted by atomic mass is 10.0. The summed E-state index contributed by atoms with van der Waals surface area (Å²) in [4.78, 5) is 24.4. The van der Waals surface area contributed by atoms with Crippen LogP contribution >= 0.6 is 0 Å². The first kappa shape index (κ1) is 52.6. The summed E-state index contributed by atoms with van der Waals surface area (Å²) >= 11 is 0. The van der Waals surface area contributed by atoms with Crippen molar-refractivity contribution in [1.29, 1.82) is 0 Å². The third-order valence-corrected chi connectivity index (χ3v) is 11.1. The lowest BCUT2D eigenvalue weighted by Crippen LogP contribution is -2.45. The number of ether oxygens (including phenoxy) is 1. The lowest BCUT2D eigenvalue weighted by Gasteiger charge is -2.22. The van der Waals surface area contributed by atoms with E-state index in [0.717, 1.165) is 57.8 Å². The van der Waals surface area contributed by atoms with Crippen LogP contribution in [0.25, 0.3) is 0 Å². The number of carbonyl (C=O) groups excluding carboxylic acids is 2. The molecule has 0 saturated carbocycles. The minimum atomic E-state index is -0.677. The number of unbranched alkanes of at least 4 members (excludes halogenated alkanes) is 31. The summed E-state index contributed by atoms with van der Waals surface area (Å²) < 4.78 is 5.44. The summed E-state index contributed by atoms with van der Waals surface area (Å²) in [7, 11) is 0. The van der Waals surface area contributed by atoms with E-state index in [9.17, 15) is 19.8 Å². The van der Waals surface area contributed by atoms with Crippen molar-refractivity contribution >= 4 is 11.9 Å². The Labute approximate surface area is 336 Å². The Hall–Kier alpha value is -1.40. The van der Waals surface area contributed by atoms with Gasteiger partial charge in [0.1, 0.15) is 0 Å². The zero-order valence-electron chi connectivity index (χ0n) is 36.2. The van der Waals surface area contributed by atoms with Crippen LogP contribution in [0.5, 0.6) is 0 Å². The molecule has 6 heteroatoms. The highest BCUT2D eigenvalue weighted by atomic mass is 16.5. The summed E-state index contributed by atoms with van der Waals surface area (Å²) in [6.07, 6.45) is 48.8. The van der Waals surface area contributed by atoms with Gasteiger partial charge in [0.2, 0.25) is 5.91 Å². The molecule has 6 nitrogen and oxygen atoms in total. The smallest absolute Gasteiger partial charge is 0.305 e. The minimum Gasteiger partial charge on any atom is -0.466 e. The number of rotatable bonds is 44. The maximum Gasteiger partial charge on any atom is 0.305 e. The van der Waals surface area contributed by atoms with E-state index >= 15 is 0 Å².